The van der Waals surface area contributed by atoms with Crippen LogP contribution in [-0.2, 0) is 0 Å². The largest absolute Gasteiger partial charge is 0.258 e. The fourth-order valence-corrected chi connectivity index (χ4v) is 2.01. The topological polar surface area (TPSA) is 65.4 Å². The molecule has 3 aromatic rings. The third-order valence-corrected chi connectivity index (χ3v) is 3.12. The fourth-order valence-electron chi connectivity index (χ4n) is 2.01. The van der Waals surface area contributed by atoms with Crippen molar-refractivity contribution in [3.8, 4) is 17.3 Å². The van der Waals surface area contributed by atoms with E-state index in [9.17, 15) is 0 Å². The smallest absolute Gasteiger partial charge is 0.0991 e. The molecule has 4 heteroatoms. The Balaban J connectivity index is 1.82. The number of nitriles is 1. The average Bonchev–Trinajstić information content (AvgIpc) is 3.08. The van der Waals surface area contributed by atoms with Crippen molar-refractivity contribution in [1.29, 1.82) is 5.26 Å². The van der Waals surface area contributed by atoms with Crippen molar-refractivity contribution in [2.24, 2.45) is 0 Å². The van der Waals surface area contributed by atoms with Crippen molar-refractivity contribution >= 4 is 12.2 Å². The third kappa shape index (κ3) is 3.04. The molecule has 2 aromatic carbocycles. The zero-order valence-electron chi connectivity index (χ0n) is 11.2. The van der Waals surface area contributed by atoms with Crippen LogP contribution in [0.25, 0.3) is 23.4 Å². The summed E-state index contributed by atoms with van der Waals surface area (Å²) in [6, 6.07) is 17.7. The second-order valence-electron chi connectivity index (χ2n) is 4.56. The average molecular weight is 272 g/mol. The van der Waals surface area contributed by atoms with E-state index in [1.54, 1.807) is 6.20 Å². The Morgan fingerprint density at radius 3 is 2.52 bits per heavy atom. The molecule has 0 bridgehead atoms. The molecule has 3 rings (SSSR count). The number of benzene rings is 2. The van der Waals surface area contributed by atoms with Crippen LogP contribution in [0.1, 0.15) is 16.7 Å². The number of H-pyrrole nitrogens is 1. The Bertz CT molecular complexity index is 794. The fraction of sp³-hybridized carbons (Fsp3) is 0. The van der Waals surface area contributed by atoms with E-state index in [4.69, 9.17) is 5.26 Å². The Labute approximate surface area is 122 Å². The summed E-state index contributed by atoms with van der Waals surface area (Å²) in [5, 5.41) is 19.1. The molecule has 0 aliphatic heterocycles. The summed E-state index contributed by atoms with van der Waals surface area (Å²) in [4.78, 5) is 0. The highest BCUT2D eigenvalue weighted by molar-refractivity contribution is 5.72. The molecule has 0 spiro atoms. The number of hydrogen-bond donors (Lipinski definition) is 1. The maximum Gasteiger partial charge on any atom is 0.0991 e. The Kier molecular flexibility index (Phi) is 3.57. The minimum atomic E-state index is 0.667. The van der Waals surface area contributed by atoms with Gasteiger partial charge < -0.3 is 0 Å². The van der Waals surface area contributed by atoms with Crippen molar-refractivity contribution < 1.29 is 0 Å². The monoisotopic (exact) mass is 272 g/mol. The number of nitrogens with zero attached hydrogens (tertiary/aromatic N) is 3. The highest BCUT2D eigenvalue weighted by atomic mass is 15.3. The molecule has 21 heavy (non-hydrogen) atoms. The van der Waals surface area contributed by atoms with Crippen LogP contribution in [0.3, 0.4) is 0 Å². The standard InChI is InChI=1S/C17H12N4/c18-11-15-8-5-13(6-9-15)4-7-14-2-1-3-16(10-14)17-12-19-21-20-17/h1-10,12H,(H,19,20,21)/b7-4+. The molecular weight excluding hydrogens is 260 g/mol. The minimum Gasteiger partial charge on any atom is -0.258 e. The summed E-state index contributed by atoms with van der Waals surface area (Å²) in [6.07, 6.45) is 5.75. The van der Waals surface area contributed by atoms with E-state index in [2.05, 4.69) is 27.5 Å². The van der Waals surface area contributed by atoms with Gasteiger partial charge >= 0.3 is 0 Å². The number of nitrogens with one attached hydrogen (secondary N) is 1. The molecule has 1 heterocycles. The number of rotatable bonds is 3. The second kappa shape index (κ2) is 5.85. The van der Waals surface area contributed by atoms with Crippen LogP contribution >= 0.6 is 0 Å². The molecule has 1 N–H and O–H groups in total. The summed E-state index contributed by atoms with van der Waals surface area (Å²) in [5.41, 5.74) is 4.75. The molecule has 0 radical (unpaired) electrons. The van der Waals surface area contributed by atoms with Crippen molar-refractivity contribution in [2.75, 3.05) is 0 Å². The van der Waals surface area contributed by atoms with Gasteiger partial charge in [-0.25, -0.2) is 0 Å². The van der Waals surface area contributed by atoms with Crippen LogP contribution < -0.4 is 0 Å². The van der Waals surface area contributed by atoms with Gasteiger partial charge in [-0.15, -0.1) is 5.10 Å². The van der Waals surface area contributed by atoms with Crippen LogP contribution in [0, 0.1) is 11.3 Å². The van der Waals surface area contributed by atoms with Gasteiger partial charge in [0.1, 0.15) is 0 Å². The maximum atomic E-state index is 8.78. The number of aromatic nitrogens is 3. The van der Waals surface area contributed by atoms with Crippen LogP contribution in [0.15, 0.2) is 54.7 Å². The van der Waals surface area contributed by atoms with Gasteiger partial charge in [0.05, 0.1) is 23.5 Å². The van der Waals surface area contributed by atoms with Gasteiger partial charge in [0.2, 0.25) is 0 Å². The van der Waals surface area contributed by atoms with E-state index in [0.717, 1.165) is 22.4 Å². The molecule has 0 aliphatic carbocycles. The van der Waals surface area contributed by atoms with E-state index < -0.39 is 0 Å². The maximum absolute atomic E-state index is 8.78. The molecule has 0 amide bonds. The van der Waals surface area contributed by atoms with Gasteiger partial charge in [0.25, 0.3) is 0 Å². The summed E-state index contributed by atoms with van der Waals surface area (Å²) in [5.74, 6) is 0. The second-order valence-corrected chi connectivity index (χ2v) is 4.56. The van der Waals surface area contributed by atoms with Crippen LogP contribution in [0.4, 0.5) is 0 Å². The Hall–Kier alpha value is -3.19. The van der Waals surface area contributed by atoms with Gasteiger partial charge in [-0.2, -0.15) is 5.26 Å². The van der Waals surface area contributed by atoms with Crippen molar-refractivity contribution in [3.05, 3.63) is 71.4 Å². The first-order valence-electron chi connectivity index (χ1n) is 6.50. The molecule has 0 saturated carbocycles. The molecule has 0 aliphatic rings. The first kappa shape index (κ1) is 12.8. The molecule has 0 fully saturated rings. The van der Waals surface area contributed by atoms with Crippen molar-refractivity contribution in [1.82, 2.24) is 15.4 Å². The zero-order chi connectivity index (χ0) is 14.5. The van der Waals surface area contributed by atoms with Crippen LogP contribution in [-0.4, -0.2) is 15.4 Å². The third-order valence-electron chi connectivity index (χ3n) is 3.12. The summed E-state index contributed by atoms with van der Waals surface area (Å²) in [7, 11) is 0. The van der Waals surface area contributed by atoms with Gasteiger partial charge in [0, 0.05) is 5.56 Å². The van der Waals surface area contributed by atoms with E-state index in [1.807, 2.05) is 54.6 Å². The van der Waals surface area contributed by atoms with Gasteiger partial charge in [-0.3, -0.25) is 5.10 Å². The van der Waals surface area contributed by atoms with E-state index >= 15 is 0 Å². The Morgan fingerprint density at radius 1 is 1.00 bits per heavy atom. The predicted molar refractivity (Wildman–Crippen MR) is 81.9 cm³/mol. The molecular formula is C17H12N4. The van der Waals surface area contributed by atoms with Crippen LogP contribution in [0.2, 0.25) is 0 Å². The van der Waals surface area contributed by atoms with Crippen molar-refractivity contribution in [3.63, 3.8) is 0 Å². The predicted octanol–water partition coefficient (Wildman–Crippen LogP) is 3.51. The normalized spacial score (nSPS) is 10.6. The van der Waals surface area contributed by atoms with Crippen molar-refractivity contribution in [2.45, 2.75) is 0 Å². The molecule has 1 aromatic heterocycles. The SMILES string of the molecule is N#Cc1ccc(/C=C/c2cccc(-c3cnn[nH]3)c2)cc1. The molecule has 100 valence electrons. The van der Waals surface area contributed by atoms with E-state index in [1.165, 1.54) is 0 Å². The summed E-state index contributed by atoms with van der Waals surface area (Å²) in [6.45, 7) is 0. The lowest BCUT2D eigenvalue weighted by Gasteiger charge is -1.99. The van der Waals surface area contributed by atoms with E-state index in [-0.39, 0.29) is 0 Å². The van der Waals surface area contributed by atoms with Gasteiger partial charge in [-0.05, 0) is 29.3 Å². The number of aromatic amines is 1. The molecule has 0 unspecified atom stereocenters. The number of hydrogen-bond acceptors (Lipinski definition) is 3. The molecule has 4 nitrogen and oxygen atoms in total. The lowest BCUT2D eigenvalue weighted by Crippen LogP contribution is -1.80. The minimum absolute atomic E-state index is 0.667. The quantitative estimate of drug-likeness (QED) is 0.742. The summed E-state index contributed by atoms with van der Waals surface area (Å²) >= 11 is 0. The first-order chi connectivity index (χ1) is 10.3. The molecule has 0 atom stereocenters. The molecule has 0 saturated heterocycles. The van der Waals surface area contributed by atoms with E-state index in [0.29, 0.717) is 5.56 Å². The summed E-state index contributed by atoms with van der Waals surface area (Å²) < 4.78 is 0. The van der Waals surface area contributed by atoms with Gasteiger partial charge in [0.15, 0.2) is 0 Å². The first-order valence-corrected chi connectivity index (χ1v) is 6.50. The highest BCUT2D eigenvalue weighted by Crippen LogP contribution is 2.18. The van der Waals surface area contributed by atoms with Crippen LogP contribution in [0.5, 0.6) is 0 Å². The lowest BCUT2D eigenvalue weighted by molar-refractivity contribution is 0.942. The zero-order valence-corrected chi connectivity index (χ0v) is 11.2. The lowest BCUT2D eigenvalue weighted by atomic mass is 10.1. The van der Waals surface area contributed by atoms with Gasteiger partial charge in [-0.1, -0.05) is 47.7 Å². The highest BCUT2D eigenvalue weighted by Gasteiger charge is 1.99. The Morgan fingerprint density at radius 2 is 1.81 bits per heavy atom.